The van der Waals surface area contributed by atoms with Crippen molar-refractivity contribution in [3.63, 3.8) is 0 Å². The van der Waals surface area contributed by atoms with E-state index < -0.39 is 11.0 Å². The molecule has 1 heterocycles. The van der Waals surface area contributed by atoms with Crippen molar-refractivity contribution in [2.24, 2.45) is 0 Å². The van der Waals surface area contributed by atoms with E-state index in [0.29, 0.717) is 45.2 Å². The van der Waals surface area contributed by atoms with E-state index in [1.54, 1.807) is 41.3 Å². The third-order valence-electron chi connectivity index (χ3n) is 7.47. The minimum atomic E-state index is -0.877. The summed E-state index contributed by atoms with van der Waals surface area (Å²) in [6.07, 6.45) is 0.757. The zero-order chi connectivity index (χ0) is 27.8. The van der Waals surface area contributed by atoms with Gasteiger partial charge in [-0.2, -0.15) is 0 Å². The SMILES string of the molecule is O=C1C[C@H](c2ccc(Cl)cc2)CC2=C1[C@@H](c1cccc([N+](=O)[O-])c1)N(C(=O)c1ccccc1)c1ccccc1N2. The molecule has 1 aliphatic carbocycles. The number of para-hydroxylation sites is 2. The first kappa shape index (κ1) is 25.5. The number of nitro benzene ring substituents is 1. The Hall–Kier alpha value is -4.75. The second kappa shape index (κ2) is 10.4. The second-order valence-electron chi connectivity index (χ2n) is 9.91. The number of allylic oxidation sites excluding steroid dienone is 1. The van der Waals surface area contributed by atoms with Crippen LogP contribution in [-0.4, -0.2) is 16.6 Å². The van der Waals surface area contributed by atoms with Gasteiger partial charge in [0.05, 0.1) is 22.3 Å². The lowest BCUT2D eigenvalue weighted by Gasteiger charge is -2.35. The molecular formula is C32H24ClN3O4. The van der Waals surface area contributed by atoms with E-state index in [0.717, 1.165) is 5.56 Å². The van der Waals surface area contributed by atoms with Crippen LogP contribution in [0.3, 0.4) is 0 Å². The third-order valence-corrected chi connectivity index (χ3v) is 7.72. The maximum absolute atomic E-state index is 14.2. The quantitative estimate of drug-likeness (QED) is 0.211. The molecule has 40 heavy (non-hydrogen) atoms. The number of Topliss-reactive ketones (excluding diaryl/α,β-unsaturated/α-hetero) is 1. The number of non-ortho nitro benzene ring substituents is 1. The maximum Gasteiger partial charge on any atom is 0.269 e. The molecule has 4 aromatic rings. The second-order valence-corrected chi connectivity index (χ2v) is 10.3. The average Bonchev–Trinajstić information content (AvgIpc) is 3.12. The van der Waals surface area contributed by atoms with Gasteiger partial charge in [0.15, 0.2) is 5.78 Å². The number of nitro groups is 1. The fourth-order valence-corrected chi connectivity index (χ4v) is 5.75. The van der Waals surface area contributed by atoms with E-state index in [4.69, 9.17) is 11.6 Å². The average molecular weight is 550 g/mol. The van der Waals surface area contributed by atoms with Gasteiger partial charge in [0.2, 0.25) is 0 Å². The number of nitrogens with zero attached hydrogens (tertiary/aromatic N) is 2. The highest BCUT2D eigenvalue weighted by atomic mass is 35.5. The summed E-state index contributed by atoms with van der Waals surface area (Å²) in [5.41, 5.74) is 4.21. The van der Waals surface area contributed by atoms with Crippen molar-refractivity contribution in [2.45, 2.75) is 24.8 Å². The van der Waals surface area contributed by atoms with Crippen LogP contribution in [0.1, 0.15) is 46.3 Å². The smallest absolute Gasteiger partial charge is 0.269 e. The van der Waals surface area contributed by atoms with Crippen molar-refractivity contribution in [2.75, 3.05) is 10.2 Å². The predicted octanol–water partition coefficient (Wildman–Crippen LogP) is 7.46. The van der Waals surface area contributed by atoms with E-state index in [-0.39, 0.29) is 29.7 Å². The van der Waals surface area contributed by atoms with Gasteiger partial charge < -0.3 is 5.32 Å². The summed E-state index contributed by atoms with van der Waals surface area (Å²) >= 11 is 6.11. The summed E-state index contributed by atoms with van der Waals surface area (Å²) in [5, 5.41) is 15.8. The molecular weight excluding hydrogens is 526 g/mol. The highest BCUT2D eigenvalue weighted by Crippen LogP contribution is 2.48. The van der Waals surface area contributed by atoms with E-state index in [2.05, 4.69) is 5.32 Å². The highest BCUT2D eigenvalue weighted by molar-refractivity contribution is 6.30. The molecule has 198 valence electrons. The first-order valence-electron chi connectivity index (χ1n) is 12.9. The molecule has 0 unspecified atom stereocenters. The summed E-state index contributed by atoms with van der Waals surface area (Å²) in [6.45, 7) is 0. The van der Waals surface area contributed by atoms with E-state index >= 15 is 0 Å². The van der Waals surface area contributed by atoms with Crippen molar-refractivity contribution >= 4 is 40.4 Å². The summed E-state index contributed by atoms with van der Waals surface area (Å²) in [6, 6.07) is 29.0. The summed E-state index contributed by atoms with van der Waals surface area (Å²) < 4.78 is 0. The number of ketones is 1. The van der Waals surface area contributed by atoms with Gasteiger partial charge in [-0.05, 0) is 59.9 Å². The minimum absolute atomic E-state index is 0.0923. The molecule has 0 fully saturated rings. The maximum atomic E-state index is 14.2. The number of hydrogen-bond acceptors (Lipinski definition) is 5. The van der Waals surface area contributed by atoms with Gasteiger partial charge in [0, 0.05) is 40.4 Å². The molecule has 0 bridgehead atoms. The fraction of sp³-hybridized carbons (Fsp3) is 0.125. The molecule has 8 heteroatoms. The molecule has 2 atom stereocenters. The highest BCUT2D eigenvalue weighted by Gasteiger charge is 2.42. The third kappa shape index (κ3) is 4.65. The van der Waals surface area contributed by atoms with Crippen LogP contribution in [0.5, 0.6) is 0 Å². The van der Waals surface area contributed by atoms with Crippen LogP contribution in [0.25, 0.3) is 0 Å². The van der Waals surface area contributed by atoms with Crippen molar-refractivity contribution in [3.8, 4) is 0 Å². The van der Waals surface area contributed by atoms with Crippen LogP contribution in [-0.2, 0) is 4.79 Å². The van der Waals surface area contributed by atoms with Crippen molar-refractivity contribution < 1.29 is 14.5 Å². The number of benzene rings is 4. The van der Waals surface area contributed by atoms with Crippen LogP contribution in [0, 0.1) is 10.1 Å². The van der Waals surface area contributed by atoms with Crippen LogP contribution < -0.4 is 10.2 Å². The lowest BCUT2D eigenvalue weighted by Crippen LogP contribution is -2.38. The monoisotopic (exact) mass is 549 g/mol. The fourth-order valence-electron chi connectivity index (χ4n) is 5.63. The molecule has 0 spiro atoms. The number of carbonyl (C=O) groups excluding carboxylic acids is 2. The largest absolute Gasteiger partial charge is 0.357 e. The van der Waals surface area contributed by atoms with Gasteiger partial charge in [-0.1, -0.05) is 66.2 Å². The van der Waals surface area contributed by atoms with Gasteiger partial charge in [-0.3, -0.25) is 24.6 Å². The van der Waals surface area contributed by atoms with E-state index in [9.17, 15) is 19.7 Å². The number of hydrogen-bond donors (Lipinski definition) is 1. The number of carbonyl (C=O) groups is 2. The summed E-state index contributed by atoms with van der Waals surface area (Å²) in [4.78, 5) is 41.2. The standard InChI is InChI=1S/C32H24ClN3O4/c33-24-15-13-20(14-16-24)23-18-27-30(29(37)19-23)31(22-9-6-10-25(17-22)36(39)40)35(28-12-5-4-11-26(28)34-27)32(38)21-7-2-1-3-8-21/h1-17,23,31,34H,18-19H2/t23-,31-/m1/s1. The van der Waals surface area contributed by atoms with Crippen LogP contribution >= 0.6 is 11.6 Å². The molecule has 2 aliphatic rings. The predicted molar refractivity (Wildman–Crippen MR) is 155 cm³/mol. The number of rotatable bonds is 4. The number of fused-ring (bicyclic) bond motifs is 1. The Bertz CT molecular complexity index is 1670. The normalized spacial score (nSPS) is 18.3. The lowest BCUT2D eigenvalue weighted by molar-refractivity contribution is -0.384. The Morgan fingerprint density at radius 2 is 1.60 bits per heavy atom. The Kier molecular flexibility index (Phi) is 6.66. The molecule has 1 amide bonds. The Morgan fingerprint density at radius 3 is 2.35 bits per heavy atom. The van der Waals surface area contributed by atoms with Gasteiger partial charge in [0.1, 0.15) is 0 Å². The van der Waals surface area contributed by atoms with Gasteiger partial charge in [-0.25, -0.2) is 0 Å². The summed E-state index contributed by atoms with van der Waals surface area (Å²) in [5.74, 6) is -0.526. The van der Waals surface area contributed by atoms with Gasteiger partial charge in [0.25, 0.3) is 11.6 Å². The van der Waals surface area contributed by atoms with Gasteiger partial charge in [-0.15, -0.1) is 0 Å². The lowest BCUT2D eigenvalue weighted by atomic mass is 9.78. The first-order chi connectivity index (χ1) is 19.4. The number of nitrogens with one attached hydrogen (secondary N) is 1. The molecule has 4 aromatic carbocycles. The number of amides is 1. The van der Waals surface area contributed by atoms with Crippen molar-refractivity contribution in [1.29, 1.82) is 0 Å². The van der Waals surface area contributed by atoms with Crippen LogP contribution in [0.4, 0.5) is 17.1 Å². The summed E-state index contributed by atoms with van der Waals surface area (Å²) in [7, 11) is 0. The Labute approximate surface area is 235 Å². The van der Waals surface area contributed by atoms with E-state index in [1.165, 1.54) is 12.1 Å². The van der Waals surface area contributed by atoms with Crippen LogP contribution in [0.2, 0.25) is 5.02 Å². The molecule has 0 saturated heterocycles. The molecule has 0 saturated carbocycles. The van der Waals surface area contributed by atoms with Crippen LogP contribution in [0.15, 0.2) is 114 Å². The molecule has 1 N–H and O–H groups in total. The minimum Gasteiger partial charge on any atom is -0.357 e. The van der Waals surface area contributed by atoms with Crippen molar-refractivity contribution in [3.05, 3.63) is 146 Å². The molecule has 0 radical (unpaired) electrons. The molecule has 0 aromatic heterocycles. The molecule has 7 nitrogen and oxygen atoms in total. The number of halogens is 1. The van der Waals surface area contributed by atoms with E-state index in [1.807, 2.05) is 54.6 Å². The molecule has 1 aliphatic heterocycles. The van der Waals surface area contributed by atoms with Gasteiger partial charge >= 0.3 is 0 Å². The number of anilines is 2. The topological polar surface area (TPSA) is 92.5 Å². The van der Waals surface area contributed by atoms with Crippen molar-refractivity contribution in [1.82, 2.24) is 0 Å². The Morgan fingerprint density at radius 1 is 0.875 bits per heavy atom. The Balaban J connectivity index is 1.57. The zero-order valence-corrected chi connectivity index (χ0v) is 22.0. The zero-order valence-electron chi connectivity index (χ0n) is 21.3. The molecule has 6 rings (SSSR count). The first-order valence-corrected chi connectivity index (χ1v) is 13.3.